The molecule has 1 atom stereocenters. The molecule has 1 amide bonds. The number of rotatable bonds is 4. The molecule has 3 N–H and O–H groups in total. The van der Waals surface area contributed by atoms with E-state index in [4.69, 9.17) is 5.73 Å². The van der Waals surface area contributed by atoms with E-state index < -0.39 is 11.7 Å². The Morgan fingerprint density at radius 2 is 1.97 bits per heavy atom. The minimum absolute atomic E-state index is 0.00772. The topological polar surface area (TPSA) is 92.3 Å². The van der Waals surface area contributed by atoms with Crippen molar-refractivity contribution in [2.75, 3.05) is 5.73 Å². The first-order valence-corrected chi connectivity index (χ1v) is 11.4. The van der Waals surface area contributed by atoms with Crippen molar-refractivity contribution in [1.82, 2.24) is 14.9 Å². The second-order valence-corrected chi connectivity index (χ2v) is 8.97. The number of nitrogens with two attached hydrogens (primary N) is 1. The van der Waals surface area contributed by atoms with Gasteiger partial charge in [0, 0.05) is 17.1 Å². The number of hydrogen-bond donors (Lipinski definition) is 2. The van der Waals surface area contributed by atoms with Crippen LogP contribution >= 0.6 is 0 Å². The van der Waals surface area contributed by atoms with Gasteiger partial charge in [-0.1, -0.05) is 12.1 Å². The van der Waals surface area contributed by atoms with Crippen molar-refractivity contribution in [3.05, 3.63) is 94.3 Å². The second-order valence-electron chi connectivity index (χ2n) is 8.97. The number of anilines is 1. The van der Waals surface area contributed by atoms with E-state index in [1.165, 1.54) is 6.07 Å². The van der Waals surface area contributed by atoms with Crippen LogP contribution < -0.4 is 5.73 Å². The molecule has 9 heteroatoms. The molecule has 0 unspecified atom stereocenters. The summed E-state index contributed by atoms with van der Waals surface area (Å²) in [7, 11) is 0. The Kier molecular flexibility index (Phi) is 5.78. The van der Waals surface area contributed by atoms with Gasteiger partial charge in [-0.05, 0) is 78.9 Å². The number of phenols is 1. The van der Waals surface area contributed by atoms with Crippen LogP contribution in [0.25, 0.3) is 10.9 Å². The molecular weight excluding hydrogens is 469 g/mol. The monoisotopic (exact) mass is 492 g/mol. The van der Waals surface area contributed by atoms with E-state index in [9.17, 15) is 23.1 Å². The number of carbonyl (C=O) groups excluding carboxylic acids is 1. The van der Waals surface area contributed by atoms with Gasteiger partial charge in [-0.15, -0.1) is 0 Å². The van der Waals surface area contributed by atoms with Crippen LogP contribution in [0, 0.1) is 6.92 Å². The average molecular weight is 493 g/mol. The van der Waals surface area contributed by atoms with Gasteiger partial charge >= 0.3 is 6.18 Å². The van der Waals surface area contributed by atoms with Crippen LogP contribution in [0.3, 0.4) is 0 Å². The van der Waals surface area contributed by atoms with Gasteiger partial charge in [0.2, 0.25) is 0 Å². The third-order valence-corrected chi connectivity index (χ3v) is 6.63. The summed E-state index contributed by atoms with van der Waals surface area (Å²) in [4.78, 5) is 23.8. The van der Waals surface area contributed by atoms with E-state index in [1.54, 1.807) is 35.2 Å². The quantitative estimate of drug-likeness (QED) is 0.388. The Labute approximate surface area is 205 Å². The highest BCUT2D eigenvalue weighted by Gasteiger charge is 2.34. The first-order valence-electron chi connectivity index (χ1n) is 11.4. The molecule has 0 spiro atoms. The number of hydrogen-bond acceptors (Lipinski definition) is 5. The van der Waals surface area contributed by atoms with E-state index in [0.717, 1.165) is 34.3 Å². The van der Waals surface area contributed by atoms with Crippen molar-refractivity contribution in [3.63, 3.8) is 0 Å². The number of aromatic nitrogens is 2. The van der Waals surface area contributed by atoms with E-state index in [0.29, 0.717) is 35.4 Å². The normalized spacial score (nSPS) is 15.2. The van der Waals surface area contributed by atoms with Gasteiger partial charge in [0.25, 0.3) is 5.91 Å². The minimum atomic E-state index is -4.50. The van der Waals surface area contributed by atoms with Crippen molar-refractivity contribution < 1.29 is 23.1 Å². The number of aryl methyl sites for hydroxylation is 1. The van der Waals surface area contributed by atoms with Gasteiger partial charge in [0.05, 0.1) is 29.4 Å². The zero-order chi connectivity index (χ0) is 25.6. The van der Waals surface area contributed by atoms with Crippen LogP contribution in [0.2, 0.25) is 0 Å². The molecule has 1 aliphatic carbocycles. The summed E-state index contributed by atoms with van der Waals surface area (Å²) >= 11 is 0. The minimum Gasteiger partial charge on any atom is -0.508 e. The van der Waals surface area contributed by atoms with Crippen LogP contribution in [0.5, 0.6) is 5.75 Å². The lowest BCUT2D eigenvalue weighted by Gasteiger charge is -2.30. The lowest BCUT2D eigenvalue weighted by Crippen LogP contribution is -2.34. The first kappa shape index (κ1) is 23.6. The Morgan fingerprint density at radius 1 is 1.17 bits per heavy atom. The molecular formula is C27H23F3N4O2. The fourth-order valence-electron chi connectivity index (χ4n) is 4.72. The summed E-state index contributed by atoms with van der Waals surface area (Å²) in [6.07, 6.45) is -2.56. The highest BCUT2D eigenvalue weighted by atomic mass is 19.4. The van der Waals surface area contributed by atoms with Crippen molar-refractivity contribution in [1.29, 1.82) is 0 Å². The molecule has 0 saturated heterocycles. The fourth-order valence-corrected chi connectivity index (χ4v) is 4.72. The molecule has 0 aliphatic heterocycles. The van der Waals surface area contributed by atoms with E-state index in [-0.39, 0.29) is 24.2 Å². The number of alkyl halides is 3. The van der Waals surface area contributed by atoms with Crippen molar-refractivity contribution in [2.45, 2.75) is 38.5 Å². The standard InChI is InChI=1S/C27H23F3N4O2/c1-15-11-17-12-16(5-9-22(17)33-25(15)31)26(36)34(14-19-7-6-18(13-32-19)27(28,29)30)23-10-8-21-20(23)3-2-4-24(21)35/h2-7,9,11-13,23,35H,8,10,14H2,1H3,(H2,31,33)/t23-/m1/s1. The maximum absolute atomic E-state index is 13.9. The van der Waals surface area contributed by atoms with Crippen LogP contribution in [0.1, 0.15) is 50.8 Å². The van der Waals surface area contributed by atoms with Gasteiger partial charge in [0.1, 0.15) is 11.6 Å². The van der Waals surface area contributed by atoms with Gasteiger partial charge in [0.15, 0.2) is 0 Å². The van der Waals surface area contributed by atoms with Crippen molar-refractivity contribution >= 4 is 22.6 Å². The lowest BCUT2D eigenvalue weighted by atomic mass is 10.0. The molecule has 0 saturated carbocycles. The van der Waals surface area contributed by atoms with E-state index in [1.807, 2.05) is 19.1 Å². The van der Waals surface area contributed by atoms with Crippen molar-refractivity contribution in [3.8, 4) is 5.75 Å². The third-order valence-electron chi connectivity index (χ3n) is 6.63. The van der Waals surface area contributed by atoms with Crippen LogP contribution in [0.4, 0.5) is 19.0 Å². The summed E-state index contributed by atoms with van der Waals surface area (Å²) in [5.41, 5.74) is 8.84. The smallest absolute Gasteiger partial charge is 0.417 e. The maximum atomic E-state index is 13.9. The van der Waals surface area contributed by atoms with Crippen LogP contribution in [0.15, 0.2) is 60.8 Å². The molecule has 4 aromatic rings. The summed E-state index contributed by atoms with van der Waals surface area (Å²) < 4.78 is 39.1. The number of fused-ring (bicyclic) bond motifs is 2. The SMILES string of the molecule is Cc1cc2cc(C(=O)N(Cc3ccc(C(F)(F)F)cn3)[C@@H]3CCc4c(O)cccc43)ccc2nc1N. The van der Waals surface area contributed by atoms with Crippen LogP contribution in [-0.4, -0.2) is 25.9 Å². The number of amides is 1. The van der Waals surface area contributed by atoms with Gasteiger partial charge in [-0.2, -0.15) is 13.2 Å². The number of pyridine rings is 2. The average Bonchev–Trinajstić information content (AvgIpc) is 3.27. The van der Waals surface area contributed by atoms with E-state index >= 15 is 0 Å². The summed E-state index contributed by atoms with van der Waals surface area (Å²) in [6.45, 7) is 1.84. The number of halogens is 3. The predicted octanol–water partition coefficient (Wildman–Crippen LogP) is 5.57. The zero-order valence-electron chi connectivity index (χ0n) is 19.4. The van der Waals surface area contributed by atoms with Crippen LogP contribution in [-0.2, 0) is 19.1 Å². The molecule has 2 aromatic carbocycles. The highest BCUT2D eigenvalue weighted by Crippen LogP contribution is 2.41. The summed E-state index contributed by atoms with van der Waals surface area (Å²) in [6, 6.07) is 14.1. The summed E-state index contributed by atoms with van der Waals surface area (Å²) in [5, 5.41) is 11.1. The molecule has 184 valence electrons. The molecule has 2 heterocycles. The maximum Gasteiger partial charge on any atom is 0.417 e. The first-order chi connectivity index (χ1) is 17.1. The van der Waals surface area contributed by atoms with E-state index in [2.05, 4.69) is 9.97 Å². The molecule has 0 radical (unpaired) electrons. The second kappa shape index (κ2) is 8.82. The Bertz CT molecular complexity index is 1470. The lowest BCUT2D eigenvalue weighted by molar-refractivity contribution is -0.137. The zero-order valence-corrected chi connectivity index (χ0v) is 19.4. The molecule has 5 rings (SSSR count). The molecule has 2 aromatic heterocycles. The summed E-state index contributed by atoms with van der Waals surface area (Å²) in [5.74, 6) is 0.285. The molecule has 1 aliphatic rings. The number of nitrogens with zero attached hydrogens (tertiary/aromatic N) is 3. The van der Waals surface area contributed by atoms with Crippen molar-refractivity contribution in [2.24, 2.45) is 0 Å². The fraction of sp³-hybridized carbons (Fsp3) is 0.222. The third kappa shape index (κ3) is 4.32. The van der Waals surface area contributed by atoms with Gasteiger partial charge in [-0.25, -0.2) is 4.98 Å². The Morgan fingerprint density at radius 3 is 2.69 bits per heavy atom. The molecule has 36 heavy (non-hydrogen) atoms. The largest absolute Gasteiger partial charge is 0.508 e. The molecule has 6 nitrogen and oxygen atoms in total. The number of aromatic hydroxyl groups is 1. The number of nitrogen functional groups attached to an aromatic ring is 1. The molecule has 0 bridgehead atoms. The van der Waals surface area contributed by atoms with Gasteiger partial charge in [-0.3, -0.25) is 9.78 Å². The van der Waals surface area contributed by atoms with Gasteiger partial charge < -0.3 is 15.7 Å². The Hall–Kier alpha value is -4.14. The number of phenolic OH excluding ortho intramolecular Hbond substituents is 1. The number of carbonyl (C=O) groups is 1. The molecule has 0 fully saturated rings. The highest BCUT2D eigenvalue weighted by molar-refractivity contribution is 5.98. The Balaban J connectivity index is 1.54. The number of benzene rings is 2. The predicted molar refractivity (Wildman–Crippen MR) is 129 cm³/mol.